The molecule has 0 saturated carbocycles. The van der Waals surface area contributed by atoms with E-state index in [-0.39, 0.29) is 0 Å². The van der Waals surface area contributed by atoms with Gasteiger partial charge in [-0.3, -0.25) is 10.1 Å². The van der Waals surface area contributed by atoms with Crippen LogP contribution < -0.4 is 5.32 Å². The molecule has 0 aliphatic rings. The monoisotopic (exact) mass is 435 g/mol. The topological polar surface area (TPSA) is 55.4 Å². The standard InChI is InChI=1S/C29H25NO3/c1-33-28(32)27(31)26(22-14-6-2-7-15-22)30-29(23-16-8-3-9-17-23,24-18-10-4-11-19-24)25-20-12-5-13-21-25/h2-21,26,30H,1H3/t26-/m1/s1. The maximum Gasteiger partial charge on any atom is 0.376 e. The van der Waals surface area contributed by atoms with E-state index in [0.717, 1.165) is 16.7 Å². The van der Waals surface area contributed by atoms with Gasteiger partial charge in [0.05, 0.1) is 12.6 Å². The number of esters is 1. The van der Waals surface area contributed by atoms with Gasteiger partial charge >= 0.3 is 5.97 Å². The second-order valence-electron chi connectivity index (χ2n) is 7.69. The molecular weight excluding hydrogens is 410 g/mol. The van der Waals surface area contributed by atoms with Gasteiger partial charge in [0.2, 0.25) is 0 Å². The molecule has 1 N–H and O–H groups in total. The van der Waals surface area contributed by atoms with Gasteiger partial charge in [-0.1, -0.05) is 121 Å². The molecule has 0 amide bonds. The van der Waals surface area contributed by atoms with E-state index in [0.29, 0.717) is 5.56 Å². The van der Waals surface area contributed by atoms with Crippen LogP contribution in [0.1, 0.15) is 28.3 Å². The molecule has 33 heavy (non-hydrogen) atoms. The van der Waals surface area contributed by atoms with Crippen LogP contribution in [-0.2, 0) is 19.9 Å². The molecule has 4 heteroatoms. The Kier molecular flexibility index (Phi) is 6.77. The lowest BCUT2D eigenvalue weighted by Crippen LogP contribution is -2.49. The molecule has 0 radical (unpaired) electrons. The number of nitrogens with one attached hydrogen (secondary N) is 1. The van der Waals surface area contributed by atoms with E-state index in [4.69, 9.17) is 4.74 Å². The SMILES string of the molecule is COC(=O)C(=O)[C@H](NC(c1ccccc1)(c1ccccc1)c1ccccc1)c1ccccc1. The average molecular weight is 436 g/mol. The molecule has 0 aliphatic carbocycles. The molecule has 4 aromatic rings. The number of methoxy groups -OCH3 is 1. The van der Waals surface area contributed by atoms with Crippen molar-refractivity contribution in [3.63, 3.8) is 0 Å². The highest BCUT2D eigenvalue weighted by Gasteiger charge is 2.41. The molecule has 0 aromatic heterocycles. The Morgan fingerprint density at radius 1 is 0.636 bits per heavy atom. The largest absolute Gasteiger partial charge is 0.463 e. The van der Waals surface area contributed by atoms with Crippen LogP contribution in [0.15, 0.2) is 121 Å². The van der Waals surface area contributed by atoms with Gasteiger partial charge in [-0.05, 0) is 22.3 Å². The fraction of sp³-hybridized carbons (Fsp3) is 0.103. The maximum atomic E-state index is 13.3. The number of benzene rings is 4. The van der Waals surface area contributed by atoms with Crippen LogP contribution in [0, 0.1) is 0 Å². The van der Waals surface area contributed by atoms with E-state index in [1.165, 1.54) is 7.11 Å². The van der Waals surface area contributed by atoms with Gasteiger partial charge in [0.25, 0.3) is 5.78 Å². The first-order valence-electron chi connectivity index (χ1n) is 10.8. The lowest BCUT2D eigenvalue weighted by atomic mass is 9.76. The minimum Gasteiger partial charge on any atom is -0.463 e. The van der Waals surface area contributed by atoms with E-state index in [1.807, 2.05) is 121 Å². The zero-order chi connectivity index (χ0) is 23.1. The Hall–Kier alpha value is -4.02. The van der Waals surface area contributed by atoms with Crippen molar-refractivity contribution in [1.82, 2.24) is 5.32 Å². The quantitative estimate of drug-likeness (QED) is 0.239. The van der Waals surface area contributed by atoms with Gasteiger partial charge < -0.3 is 4.74 Å². The van der Waals surface area contributed by atoms with E-state index >= 15 is 0 Å². The minimum atomic E-state index is -0.931. The molecule has 0 aliphatic heterocycles. The van der Waals surface area contributed by atoms with Gasteiger partial charge in [-0.2, -0.15) is 0 Å². The van der Waals surface area contributed by atoms with Gasteiger partial charge in [0, 0.05) is 0 Å². The van der Waals surface area contributed by atoms with Crippen molar-refractivity contribution >= 4 is 11.8 Å². The number of carbonyl (C=O) groups excluding carboxylic acids is 2. The number of Topliss-reactive ketones (excluding diaryl/α,β-unsaturated/α-hetero) is 1. The summed E-state index contributed by atoms with van der Waals surface area (Å²) in [5.74, 6) is -1.55. The molecule has 164 valence electrons. The summed E-state index contributed by atoms with van der Waals surface area (Å²) >= 11 is 0. The second-order valence-corrected chi connectivity index (χ2v) is 7.69. The zero-order valence-corrected chi connectivity index (χ0v) is 18.3. The Morgan fingerprint density at radius 2 is 1.00 bits per heavy atom. The molecule has 4 aromatic carbocycles. The maximum absolute atomic E-state index is 13.3. The van der Waals surface area contributed by atoms with Crippen LogP contribution in [0.3, 0.4) is 0 Å². The van der Waals surface area contributed by atoms with Gasteiger partial charge in [-0.25, -0.2) is 4.79 Å². The smallest absolute Gasteiger partial charge is 0.376 e. The highest BCUT2D eigenvalue weighted by molar-refractivity contribution is 6.35. The molecule has 0 fully saturated rings. The summed E-state index contributed by atoms with van der Waals surface area (Å²) in [6.45, 7) is 0. The number of hydrogen-bond acceptors (Lipinski definition) is 4. The summed E-state index contributed by atoms with van der Waals surface area (Å²) in [6.07, 6.45) is 0. The zero-order valence-electron chi connectivity index (χ0n) is 18.3. The normalized spacial score (nSPS) is 12.0. The van der Waals surface area contributed by atoms with Crippen LogP contribution in [0.2, 0.25) is 0 Å². The molecule has 4 nitrogen and oxygen atoms in total. The van der Waals surface area contributed by atoms with Gasteiger partial charge in [0.15, 0.2) is 0 Å². The predicted octanol–water partition coefficient (Wildman–Crippen LogP) is 5.05. The summed E-state index contributed by atoms with van der Waals surface area (Å²) in [6, 6.07) is 38.2. The van der Waals surface area contributed by atoms with E-state index < -0.39 is 23.3 Å². The summed E-state index contributed by atoms with van der Waals surface area (Å²) in [4.78, 5) is 25.7. The Labute approximate surface area is 193 Å². The van der Waals surface area contributed by atoms with Crippen molar-refractivity contribution in [2.75, 3.05) is 7.11 Å². The summed E-state index contributed by atoms with van der Waals surface area (Å²) in [5, 5.41) is 3.60. The minimum absolute atomic E-state index is 0.657. The number of ether oxygens (including phenoxy) is 1. The number of ketones is 1. The summed E-state index contributed by atoms with van der Waals surface area (Å²) in [5.41, 5.74) is 2.61. The third-order valence-corrected chi connectivity index (χ3v) is 5.76. The van der Waals surface area contributed by atoms with Gasteiger partial charge in [-0.15, -0.1) is 0 Å². The molecule has 0 bridgehead atoms. The van der Waals surface area contributed by atoms with Crippen molar-refractivity contribution in [3.8, 4) is 0 Å². The first-order valence-corrected chi connectivity index (χ1v) is 10.8. The van der Waals surface area contributed by atoms with Crippen molar-refractivity contribution < 1.29 is 14.3 Å². The predicted molar refractivity (Wildman–Crippen MR) is 129 cm³/mol. The molecule has 0 heterocycles. The third-order valence-electron chi connectivity index (χ3n) is 5.76. The molecule has 0 spiro atoms. The Bertz CT molecular complexity index is 1100. The Balaban J connectivity index is 1.99. The van der Waals surface area contributed by atoms with Crippen LogP contribution >= 0.6 is 0 Å². The third kappa shape index (κ3) is 4.47. The number of rotatable bonds is 8. The van der Waals surface area contributed by atoms with Gasteiger partial charge in [0.1, 0.15) is 6.04 Å². The van der Waals surface area contributed by atoms with Crippen molar-refractivity contribution in [2.24, 2.45) is 0 Å². The van der Waals surface area contributed by atoms with Crippen LogP contribution in [-0.4, -0.2) is 18.9 Å². The molecule has 4 rings (SSSR count). The molecule has 0 saturated heterocycles. The molecule has 1 atom stereocenters. The van der Waals surface area contributed by atoms with Crippen LogP contribution in [0.5, 0.6) is 0 Å². The van der Waals surface area contributed by atoms with E-state index in [1.54, 1.807) is 0 Å². The Morgan fingerprint density at radius 3 is 1.36 bits per heavy atom. The highest BCUT2D eigenvalue weighted by Crippen LogP contribution is 2.39. The second kappa shape index (κ2) is 10.1. The molecular formula is C29H25NO3. The van der Waals surface area contributed by atoms with Crippen LogP contribution in [0.25, 0.3) is 0 Å². The summed E-state index contributed by atoms with van der Waals surface area (Å²) in [7, 11) is 1.22. The average Bonchev–Trinajstić information content (AvgIpc) is 2.91. The van der Waals surface area contributed by atoms with Crippen molar-refractivity contribution in [2.45, 2.75) is 11.6 Å². The van der Waals surface area contributed by atoms with Crippen LogP contribution in [0.4, 0.5) is 0 Å². The fourth-order valence-corrected chi connectivity index (χ4v) is 4.20. The first kappa shape index (κ1) is 22.2. The number of hydrogen-bond donors (Lipinski definition) is 1. The highest BCUT2D eigenvalue weighted by atomic mass is 16.5. The number of carbonyl (C=O) groups is 2. The summed E-state index contributed by atoms with van der Waals surface area (Å²) < 4.78 is 4.82. The van der Waals surface area contributed by atoms with E-state index in [9.17, 15) is 9.59 Å². The van der Waals surface area contributed by atoms with E-state index in [2.05, 4.69) is 5.32 Å². The van der Waals surface area contributed by atoms with Crippen molar-refractivity contribution in [1.29, 1.82) is 0 Å². The lowest BCUT2D eigenvalue weighted by Gasteiger charge is -2.39. The lowest BCUT2D eigenvalue weighted by molar-refractivity contribution is -0.152. The first-order chi connectivity index (χ1) is 16.2. The molecule has 0 unspecified atom stereocenters. The fourth-order valence-electron chi connectivity index (χ4n) is 4.20. The van der Waals surface area contributed by atoms with Crippen molar-refractivity contribution in [3.05, 3.63) is 144 Å².